The van der Waals surface area contributed by atoms with Gasteiger partial charge in [-0.1, -0.05) is 0 Å². The number of hydrogen-bond acceptors (Lipinski definition) is 4. The van der Waals surface area contributed by atoms with Gasteiger partial charge in [0.1, 0.15) is 0 Å². The largest absolute Gasteiger partial charge is 0.382 e. The van der Waals surface area contributed by atoms with Crippen molar-refractivity contribution in [3.05, 3.63) is 71.8 Å². The van der Waals surface area contributed by atoms with Gasteiger partial charge in [-0.3, -0.25) is 9.78 Å². The van der Waals surface area contributed by atoms with Crippen molar-refractivity contribution < 1.29 is 4.79 Å². The Balaban J connectivity index is 1.53. The second-order valence-electron chi connectivity index (χ2n) is 5.81. The zero-order chi connectivity index (χ0) is 17.6. The highest BCUT2D eigenvalue weighted by molar-refractivity contribution is 5.94. The zero-order valence-corrected chi connectivity index (χ0v) is 14.4. The molecule has 6 nitrogen and oxygen atoms in total. The van der Waals surface area contributed by atoms with Gasteiger partial charge in [-0.05, 0) is 56.3 Å². The first-order valence-electron chi connectivity index (χ1n) is 8.19. The Hall–Kier alpha value is -3.15. The summed E-state index contributed by atoms with van der Waals surface area (Å²) in [6.07, 6.45) is 3.47. The lowest BCUT2D eigenvalue weighted by atomic mass is 10.2. The van der Waals surface area contributed by atoms with Gasteiger partial charge in [-0.2, -0.15) is 5.10 Å². The second-order valence-corrected chi connectivity index (χ2v) is 5.81. The maximum atomic E-state index is 12.2. The molecule has 0 aliphatic rings. The van der Waals surface area contributed by atoms with E-state index in [1.165, 1.54) is 0 Å². The maximum absolute atomic E-state index is 12.2. The van der Waals surface area contributed by atoms with Crippen molar-refractivity contribution in [2.24, 2.45) is 0 Å². The minimum Gasteiger partial charge on any atom is -0.382 e. The van der Waals surface area contributed by atoms with E-state index in [9.17, 15) is 4.79 Å². The molecule has 0 fully saturated rings. The minimum absolute atomic E-state index is 0.0899. The molecule has 0 bridgehead atoms. The average molecular weight is 335 g/mol. The van der Waals surface area contributed by atoms with Crippen molar-refractivity contribution in [1.82, 2.24) is 20.1 Å². The Morgan fingerprint density at radius 2 is 1.92 bits per heavy atom. The molecule has 0 spiro atoms. The number of rotatable bonds is 6. The van der Waals surface area contributed by atoms with Gasteiger partial charge in [0.2, 0.25) is 0 Å². The Bertz CT molecular complexity index is 840. The van der Waals surface area contributed by atoms with Gasteiger partial charge < -0.3 is 10.6 Å². The van der Waals surface area contributed by atoms with Crippen LogP contribution in [0.5, 0.6) is 0 Å². The molecule has 0 unspecified atom stereocenters. The molecule has 25 heavy (non-hydrogen) atoms. The van der Waals surface area contributed by atoms with Gasteiger partial charge in [0, 0.05) is 36.7 Å². The number of pyridine rings is 1. The molecule has 0 aliphatic heterocycles. The second kappa shape index (κ2) is 7.61. The smallest absolute Gasteiger partial charge is 0.251 e. The van der Waals surface area contributed by atoms with Crippen molar-refractivity contribution in [3.63, 3.8) is 0 Å². The molecule has 128 valence electrons. The number of carbonyl (C=O) groups excluding carboxylic acids is 1. The SMILES string of the molecule is Cc1cc(C)n(-c2ccc(C(=O)NCCNc3cccnc3)cc2)n1. The van der Waals surface area contributed by atoms with E-state index in [1.807, 2.05) is 61.0 Å². The molecule has 6 heteroatoms. The molecule has 0 aliphatic carbocycles. The summed E-state index contributed by atoms with van der Waals surface area (Å²) in [7, 11) is 0. The summed E-state index contributed by atoms with van der Waals surface area (Å²) in [6.45, 7) is 5.15. The third-order valence-corrected chi connectivity index (χ3v) is 3.78. The Kier molecular flexibility index (Phi) is 5.09. The topological polar surface area (TPSA) is 71.8 Å². The fourth-order valence-electron chi connectivity index (χ4n) is 2.60. The quantitative estimate of drug-likeness (QED) is 0.680. The first kappa shape index (κ1) is 16.7. The van der Waals surface area contributed by atoms with Crippen LogP contribution in [-0.4, -0.2) is 33.8 Å². The van der Waals surface area contributed by atoms with Gasteiger partial charge in [0.15, 0.2) is 0 Å². The predicted molar refractivity (Wildman–Crippen MR) is 98.1 cm³/mol. The molecule has 0 saturated heterocycles. The highest BCUT2D eigenvalue weighted by Gasteiger charge is 2.07. The molecule has 2 heterocycles. The molecule has 2 aromatic heterocycles. The van der Waals surface area contributed by atoms with Gasteiger partial charge in [0.25, 0.3) is 5.91 Å². The third kappa shape index (κ3) is 4.23. The number of nitrogens with one attached hydrogen (secondary N) is 2. The average Bonchev–Trinajstić information content (AvgIpc) is 2.98. The molecule has 0 atom stereocenters. The van der Waals surface area contributed by atoms with Gasteiger partial charge >= 0.3 is 0 Å². The lowest BCUT2D eigenvalue weighted by Crippen LogP contribution is -2.28. The van der Waals surface area contributed by atoms with Crippen molar-refractivity contribution in [2.75, 3.05) is 18.4 Å². The number of carbonyl (C=O) groups is 1. The fraction of sp³-hybridized carbons (Fsp3) is 0.211. The van der Waals surface area contributed by atoms with Crippen LogP contribution in [0.3, 0.4) is 0 Å². The van der Waals surface area contributed by atoms with Gasteiger partial charge in [0.05, 0.1) is 17.1 Å². The summed E-state index contributed by atoms with van der Waals surface area (Å²) in [5, 5.41) is 10.5. The molecule has 0 saturated carbocycles. The van der Waals surface area contributed by atoms with Gasteiger partial charge in [-0.25, -0.2) is 4.68 Å². The van der Waals surface area contributed by atoms with E-state index in [-0.39, 0.29) is 5.91 Å². The van der Waals surface area contributed by atoms with E-state index in [0.29, 0.717) is 18.7 Å². The Labute approximate surface area is 146 Å². The van der Waals surface area contributed by atoms with Crippen molar-refractivity contribution in [2.45, 2.75) is 13.8 Å². The summed E-state index contributed by atoms with van der Waals surface area (Å²) in [5.41, 5.74) is 4.55. The van der Waals surface area contributed by atoms with E-state index < -0.39 is 0 Å². The van der Waals surface area contributed by atoms with Crippen LogP contribution in [0, 0.1) is 13.8 Å². The highest BCUT2D eigenvalue weighted by Crippen LogP contribution is 2.13. The van der Waals surface area contributed by atoms with Crippen LogP contribution in [0.25, 0.3) is 5.69 Å². The number of anilines is 1. The van der Waals surface area contributed by atoms with Crippen LogP contribution in [0.4, 0.5) is 5.69 Å². The number of nitrogens with zero attached hydrogens (tertiary/aromatic N) is 3. The summed E-state index contributed by atoms with van der Waals surface area (Å²) in [4.78, 5) is 16.2. The minimum atomic E-state index is -0.0899. The molecule has 1 amide bonds. The predicted octanol–water partition coefficient (Wildman–Crippen LogP) is 2.73. The van der Waals surface area contributed by atoms with E-state index in [4.69, 9.17) is 0 Å². The zero-order valence-electron chi connectivity index (χ0n) is 14.4. The van der Waals surface area contributed by atoms with Crippen molar-refractivity contribution in [3.8, 4) is 5.69 Å². The first-order valence-corrected chi connectivity index (χ1v) is 8.19. The van der Waals surface area contributed by atoms with E-state index in [0.717, 1.165) is 22.8 Å². The third-order valence-electron chi connectivity index (χ3n) is 3.78. The Morgan fingerprint density at radius 3 is 2.56 bits per heavy atom. The number of aromatic nitrogens is 3. The molecule has 2 N–H and O–H groups in total. The molecule has 1 aromatic carbocycles. The Morgan fingerprint density at radius 1 is 1.12 bits per heavy atom. The highest BCUT2D eigenvalue weighted by atomic mass is 16.1. The molecule has 3 aromatic rings. The molecular formula is C19H21N5O. The summed E-state index contributed by atoms with van der Waals surface area (Å²) in [5.74, 6) is -0.0899. The summed E-state index contributed by atoms with van der Waals surface area (Å²) in [6, 6.07) is 13.3. The normalized spacial score (nSPS) is 10.5. The van der Waals surface area contributed by atoms with E-state index in [2.05, 4.69) is 20.7 Å². The monoisotopic (exact) mass is 335 g/mol. The van der Waals surface area contributed by atoms with Crippen molar-refractivity contribution in [1.29, 1.82) is 0 Å². The number of hydrogen-bond donors (Lipinski definition) is 2. The molecule has 0 radical (unpaired) electrons. The number of aryl methyl sites for hydroxylation is 2. The van der Waals surface area contributed by atoms with E-state index in [1.54, 1.807) is 12.4 Å². The standard InChI is InChI=1S/C19H21N5O/c1-14-12-15(2)24(23-14)18-7-5-16(6-8-18)19(25)22-11-10-21-17-4-3-9-20-13-17/h3-9,12-13,21H,10-11H2,1-2H3,(H,22,25). The van der Waals surface area contributed by atoms with Crippen LogP contribution in [-0.2, 0) is 0 Å². The van der Waals surface area contributed by atoms with Crippen LogP contribution < -0.4 is 10.6 Å². The summed E-state index contributed by atoms with van der Waals surface area (Å²) < 4.78 is 1.87. The van der Waals surface area contributed by atoms with E-state index >= 15 is 0 Å². The fourth-order valence-corrected chi connectivity index (χ4v) is 2.60. The summed E-state index contributed by atoms with van der Waals surface area (Å²) >= 11 is 0. The van der Waals surface area contributed by atoms with Crippen molar-refractivity contribution >= 4 is 11.6 Å². The van der Waals surface area contributed by atoms with Crippen LogP contribution in [0.15, 0.2) is 54.9 Å². The lowest BCUT2D eigenvalue weighted by Gasteiger charge is -2.09. The maximum Gasteiger partial charge on any atom is 0.251 e. The number of benzene rings is 1. The molecular weight excluding hydrogens is 314 g/mol. The lowest BCUT2D eigenvalue weighted by molar-refractivity contribution is 0.0955. The number of amides is 1. The van der Waals surface area contributed by atoms with Crippen LogP contribution in [0.2, 0.25) is 0 Å². The van der Waals surface area contributed by atoms with Gasteiger partial charge in [-0.15, -0.1) is 0 Å². The first-order chi connectivity index (χ1) is 12.1. The van der Waals surface area contributed by atoms with Crippen LogP contribution >= 0.6 is 0 Å². The molecule has 3 rings (SSSR count). The van der Waals surface area contributed by atoms with Crippen LogP contribution in [0.1, 0.15) is 21.7 Å².